The van der Waals surface area contributed by atoms with Crippen molar-refractivity contribution in [1.29, 1.82) is 5.26 Å². The highest BCUT2D eigenvalue weighted by Gasteiger charge is 2.38. The van der Waals surface area contributed by atoms with E-state index in [1.54, 1.807) is 0 Å². The molecule has 0 aromatic rings. The van der Waals surface area contributed by atoms with Crippen molar-refractivity contribution in [2.75, 3.05) is 5.75 Å². The molecular formula is C14H24N2O4S. The van der Waals surface area contributed by atoms with Gasteiger partial charge in [-0.1, -0.05) is 39.0 Å². The first kappa shape index (κ1) is 17.9. The van der Waals surface area contributed by atoms with Gasteiger partial charge in [-0.25, -0.2) is 13.1 Å². The Hall–Kier alpha value is -1.13. The molecule has 6 nitrogen and oxygen atoms in total. The maximum absolute atomic E-state index is 12.2. The number of nitrogens with zero attached hydrogens (tertiary/aromatic N) is 1. The van der Waals surface area contributed by atoms with Crippen molar-refractivity contribution < 1.29 is 18.3 Å². The third kappa shape index (κ3) is 5.64. The van der Waals surface area contributed by atoms with Gasteiger partial charge in [-0.3, -0.25) is 4.79 Å². The number of nitriles is 1. The van der Waals surface area contributed by atoms with Crippen LogP contribution < -0.4 is 4.72 Å². The van der Waals surface area contributed by atoms with E-state index in [0.29, 0.717) is 19.3 Å². The number of nitrogens with one attached hydrogen (secondary N) is 1. The van der Waals surface area contributed by atoms with Gasteiger partial charge in [0.15, 0.2) is 0 Å². The predicted octanol–water partition coefficient (Wildman–Crippen LogP) is 2.02. The summed E-state index contributed by atoms with van der Waals surface area (Å²) in [7, 11) is -3.78. The van der Waals surface area contributed by atoms with Crippen molar-refractivity contribution in [3.63, 3.8) is 0 Å². The topological polar surface area (TPSA) is 107 Å². The fraction of sp³-hybridized carbons (Fsp3) is 0.857. The Morgan fingerprint density at radius 2 is 2.00 bits per heavy atom. The molecule has 1 atom stereocenters. The van der Waals surface area contributed by atoms with E-state index in [0.717, 1.165) is 25.7 Å². The zero-order valence-electron chi connectivity index (χ0n) is 12.5. The zero-order valence-corrected chi connectivity index (χ0v) is 13.3. The maximum Gasteiger partial charge on any atom is 0.321 e. The largest absolute Gasteiger partial charge is 0.480 e. The number of rotatable bonds is 8. The summed E-state index contributed by atoms with van der Waals surface area (Å²) < 4.78 is 26.7. The molecule has 0 aromatic carbocycles. The van der Waals surface area contributed by atoms with Gasteiger partial charge in [-0.2, -0.15) is 5.26 Å². The minimum Gasteiger partial charge on any atom is -0.480 e. The third-order valence-corrected chi connectivity index (χ3v) is 5.56. The first-order valence-corrected chi connectivity index (χ1v) is 9.13. The van der Waals surface area contributed by atoms with Gasteiger partial charge < -0.3 is 5.11 Å². The van der Waals surface area contributed by atoms with E-state index < -0.39 is 27.4 Å². The smallest absolute Gasteiger partial charge is 0.321 e. The molecule has 1 rings (SSSR count). The quantitative estimate of drug-likeness (QED) is 0.712. The first-order chi connectivity index (χ1) is 9.84. The minimum atomic E-state index is -3.78. The molecule has 0 saturated heterocycles. The van der Waals surface area contributed by atoms with Gasteiger partial charge in [0.2, 0.25) is 10.0 Å². The molecule has 0 aliphatic heterocycles. The van der Waals surface area contributed by atoms with E-state index in [1.165, 1.54) is 0 Å². The predicted molar refractivity (Wildman–Crippen MR) is 79.0 cm³/mol. The minimum absolute atomic E-state index is 0.268. The van der Waals surface area contributed by atoms with Crippen LogP contribution in [0.1, 0.15) is 58.3 Å². The molecule has 1 saturated carbocycles. The van der Waals surface area contributed by atoms with Crippen molar-refractivity contribution >= 4 is 16.0 Å². The summed E-state index contributed by atoms with van der Waals surface area (Å²) in [4.78, 5) is 11.1. The molecule has 1 unspecified atom stereocenters. The highest BCUT2D eigenvalue weighted by atomic mass is 32.2. The summed E-state index contributed by atoms with van der Waals surface area (Å²) in [5.41, 5.74) is -0.863. The second-order valence-corrected chi connectivity index (χ2v) is 7.62. The van der Waals surface area contributed by atoms with Crippen molar-refractivity contribution in [3.05, 3.63) is 0 Å². The van der Waals surface area contributed by atoms with Crippen LogP contribution in [-0.4, -0.2) is 31.3 Å². The molecule has 1 aliphatic carbocycles. The molecule has 0 aromatic heterocycles. The Morgan fingerprint density at radius 1 is 1.38 bits per heavy atom. The van der Waals surface area contributed by atoms with Gasteiger partial charge in [0, 0.05) is 0 Å². The van der Waals surface area contributed by atoms with E-state index in [9.17, 15) is 18.5 Å². The lowest BCUT2D eigenvalue weighted by Crippen LogP contribution is -2.45. The van der Waals surface area contributed by atoms with Gasteiger partial charge >= 0.3 is 5.97 Å². The number of carboxylic acids is 1. The summed E-state index contributed by atoms with van der Waals surface area (Å²) in [6, 6.07) is 1.05. The van der Waals surface area contributed by atoms with Crippen molar-refractivity contribution in [2.45, 2.75) is 64.3 Å². The first-order valence-electron chi connectivity index (χ1n) is 7.48. The van der Waals surface area contributed by atoms with E-state index in [1.807, 2.05) is 6.92 Å². The molecule has 21 heavy (non-hydrogen) atoms. The number of aliphatic carboxylic acids is 1. The van der Waals surface area contributed by atoms with Crippen LogP contribution >= 0.6 is 0 Å². The standard InChI is InChI=1S/C14H24N2O4S/c1-2-3-7-12(13(17)18)16-21(19,20)11-14(10-15)8-5-4-6-9-14/h12,16H,2-9,11H2,1H3,(H,17,18). The highest BCUT2D eigenvalue weighted by Crippen LogP contribution is 2.36. The molecule has 120 valence electrons. The maximum atomic E-state index is 12.2. The zero-order chi connectivity index (χ0) is 15.9. The summed E-state index contributed by atoms with van der Waals surface area (Å²) in [6.45, 7) is 1.92. The summed E-state index contributed by atoms with van der Waals surface area (Å²) in [6.07, 6.45) is 5.56. The second kappa shape index (κ2) is 7.76. The fourth-order valence-electron chi connectivity index (χ4n) is 2.78. The normalized spacial score (nSPS) is 19.6. The van der Waals surface area contributed by atoms with E-state index >= 15 is 0 Å². The van der Waals surface area contributed by atoms with Crippen LogP contribution in [0.25, 0.3) is 0 Å². The number of sulfonamides is 1. The van der Waals surface area contributed by atoms with Crippen LogP contribution in [0.2, 0.25) is 0 Å². The lowest BCUT2D eigenvalue weighted by atomic mass is 9.77. The van der Waals surface area contributed by atoms with Crippen LogP contribution in [0.5, 0.6) is 0 Å². The van der Waals surface area contributed by atoms with E-state index in [-0.39, 0.29) is 12.2 Å². The van der Waals surface area contributed by atoms with E-state index in [4.69, 9.17) is 5.11 Å². The summed E-state index contributed by atoms with van der Waals surface area (Å²) in [5.74, 6) is -1.46. The second-order valence-electron chi connectivity index (χ2n) is 5.86. The average molecular weight is 316 g/mol. The summed E-state index contributed by atoms with van der Waals surface area (Å²) >= 11 is 0. The molecule has 2 N–H and O–H groups in total. The summed E-state index contributed by atoms with van der Waals surface area (Å²) in [5, 5.41) is 18.4. The van der Waals surface area contributed by atoms with Crippen molar-refractivity contribution in [1.82, 2.24) is 4.72 Å². The van der Waals surface area contributed by atoms with Crippen LogP contribution in [-0.2, 0) is 14.8 Å². The van der Waals surface area contributed by atoms with Gasteiger partial charge in [-0.15, -0.1) is 0 Å². The van der Waals surface area contributed by atoms with Gasteiger partial charge in [0.05, 0.1) is 17.2 Å². The molecule has 0 radical (unpaired) electrons. The van der Waals surface area contributed by atoms with Crippen LogP contribution in [0.4, 0.5) is 0 Å². The average Bonchev–Trinajstić information content (AvgIpc) is 2.43. The Kier molecular flexibility index (Phi) is 6.62. The Labute approximate surface area is 126 Å². The van der Waals surface area contributed by atoms with Crippen LogP contribution in [0.3, 0.4) is 0 Å². The third-order valence-electron chi connectivity index (χ3n) is 3.98. The lowest BCUT2D eigenvalue weighted by Gasteiger charge is -2.30. The van der Waals surface area contributed by atoms with Crippen LogP contribution in [0.15, 0.2) is 0 Å². The van der Waals surface area contributed by atoms with Gasteiger partial charge in [-0.05, 0) is 19.3 Å². The van der Waals surface area contributed by atoms with Crippen LogP contribution in [0, 0.1) is 16.7 Å². The SMILES string of the molecule is CCCCC(NS(=O)(=O)CC1(C#N)CCCCC1)C(=O)O. The van der Waals surface area contributed by atoms with Gasteiger partial charge in [0.1, 0.15) is 6.04 Å². The lowest BCUT2D eigenvalue weighted by molar-refractivity contribution is -0.139. The molecule has 0 spiro atoms. The molecule has 0 amide bonds. The highest BCUT2D eigenvalue weighted by molar-refractivity contribution is 7.89. The molecule has 0 bridgehead atoms. The molecule has 7 heteroatoms. The monoisotopic (exact) mass is 316 g/mol. The number of hydrogen-bond donors (Lipinski definition) is 2. The molecule has 1 fully saturated rings. The number of unbranched alkanes of at least 4 members (excludes halogenated alkanes) is 1. The Morgan fingerprint density at radius 3 is 2.48 bits per heavy atom. The molecule has 0 heterocycles. The number of hydrogen-bond acceptors (Lipinski definition) is 4. The van der Waals surface area contributed by atoms with Crippen molar-refractivity contribution in [3.8, 4) is 6.07 Å². The number of carbonyl (C=O) groups is 1. The van der Waals surface area contributed by atoms with E-state index in [2.05, 4.69) is 10.8 Å². The number of carboxylic acid groups (broad SMARTS) is 1. The molecule has 1 aliphatic rings. The van der Waals surface area contributed by atoms with Crippen molar-refractivity contribution in [2.24, 2.45) is 5.41 Å². The molecular weight excluding hydrogens is 292 g/mol. The van der Waals surface area contributed by atoms with Gasteiger partial charge in [0.25, 0.3) is 0 Å². The Bertz CT molecular complexity index is 490. The Balaban J connectivity index is 2.75. The fourth-order valence-corrected chi connectivity index (χ4v) is 4.60.